The summed E-state index contributed by atoms with van der Waals surface area (Å²) in [4.78, 5) is 12.3. The maximum Gasteiger partial charge on any atom is 0.312 e. The van der Waals surface area contributed by atoms with E-state index in [-0.39, 0.29) is 23.4 Å². The SMILES string of the molecule is CCCC(C)(C)C1(C(=O)OCCCCO)CCC1. The molecule has 0 aliphatic heterocycles. The highest BCUT2D eigenvalue weighted by molar-refractivity contribution is 5.79. The van der Waals surface area contributed by atoms with Gasteiger partial charge in [-0.3, -0.25) is 4.79 Å². The minimum Gasteiger partial charge on any atom is -0.465 e. The van der Waals surface area contributed by atoms with Crippen LogP contribution in [0, 0.1) is 10.8 Å². The largest absolute Gasteiger partial charge is 0.465 e. The molecule has 1 aliphatic rings. The maximum atomic E-state index is 12.3. The number of rotatable bonds is 8. The third kappa shape index (κ3) is 3.05. The number of carbonyl (C=O) groups excluding carboxylic acids is 1. The molecule has 1 aliphatic carbocycles. The zero-order valence-electron chi connectivity index (χ0n) is 12.1. The Labute approximate surface area is 111 Å². The molecule has 0 radical (unpaired) electrons. The summed E-state index contributed by atoms with van der Waals surface area (Å²) >= 11 is 0. The summed E-state index contributed by atoms with van der Waals surface area (Å²) < 4.78 is 5.43. The first kappa shape index (κ1) is 15.5. The molecule has 0 saturated heterocycles. The molecule has 3 nitrogen and oxygen atoms in total. The van der Waals surface area contributed by atoms with E-state index in [1.54, 1.807) is 0 Å². The summed E-state index contributed by atoms with van der Waals surface area (Å²) in [6.07, 6.45) is 6.72. The van der Waals surface area contributed by atoms with E-state index in [1.807, 2.05) is 0 Å². The number of aliphatic hydroxyl groups excluding tert-OH is 1. The average Bonchev–Trinajstić information content (AvgIpc) is 2.22. The van der Waals surface area contributed by atoms with E-state index in [1.165, 1.54) is 0 Å². The number of aliphatic hydroxyl groups is 1. The van der Waals surface area contributed by atoms with Crippen molar-refractivity contribution in [2.24, 2.45) is 10.8 Å². The molecule has 0 aromatic carbocycles. The van der Waals surface area contributed by atoms with Crippen LogP contribution in [0.2, 0.25) is 0 Å². The van der Waals surface area contributed by atoms with Crippen LogP contribution in [0.5, 0.6) is 0 Å². The second-order valence-corrected chi connectivity index (χ2v) is 6.14. The van der Waals surface area contributed by atoms with E-state index < -0.39 is 0 Å². The van der Waals surface area contributed by atoms with Crippen LogP contribution in [-0.2, 0) is 9.53 Å². The molecule has 106 valence electrons. The quantitative estimate of drug-likeness (QED) is 0.535. The molecule has 1 saturated carbocycles. The van der Waals surface area contributed by atoms with Gasteiger partial charge in [-0.25, -0.2) is 0 Å². The molecule has 0 aromatic heterocycles. The van der Waals surface area contributed by atoms with Gasteiger partial charge in [-0.2, -0.15) is 0 Å². The Morgan fingerprint density at radius 3 is 2.44 bits per heavy atom. The average molecular weight is 256 g/mol. The van der Waals surface area contributed by atoms with E-state index in [4.69, 9.17) is 9.84 Å². The molecule has 0 atom stereocenters. The monoisotopic (exact) mass is 256 g/mol. The number of hydrogen-bond acceptors (Lipinski definition) is 3. The molecule has 0 aromatic rings. The van der Waals surface area contributed by atoms with Gasteiger partial charge in [-0.15, -0.1) is 0 Å². The van der Waals surface area contributed by atoms with Crippen molar-refractivity contribution in [2.75, 3.05) is 13.2 Å². The van der Waals surface area contributed by atoms with Crippen molar-refractivity contribution in [2.45, 2.75) is 65.7 Å². The Bertz CT molecular complexity index is 267. The van der Waals surface area contributed by atoms with Crippen molar-refractivity contribution < 1.29 is 14.6 Å². The Kier molecular flexibility index (Phi) is 5.64. The summed E-state index contributed by atoms with van der Waals surface area (Å²) in [5.74, 6) is -0.00913. The van der Waals surface area contributed by atoms with E-state index >= 15 is 0 Å². The molecule has 1 rings (SSSR count). The number of ether oxygens (including phenoxy) is 1. The lowest BCUT2D eigenvalue weighted by atomic mass is 9.53. The van der Waals surface area contributed by atoms with E-state index in [0.29, 0.717) is 13.0 Å². The van der Waals surface area contributed by atoms with Crippen LogP contribution in [0.1, 0.15) is 65.7 Å². The lowest BCUT2D eigenvalue weighted by Crippen LogP contribution is -2.50. The molecule has 0 heterocycles. The van der Waals surface area contributed by atoms with Gasteiger partial charge in [0.05, 0.1) is 12.0 Å². The molecule has 0 amide bonds. The molecular weight excluding hydrogens is 228 g/mol. The highest BCUT2D eigenvalue weighted by atomic mass is 16.5. The van der Waals surface area contributed by atoms with Gasteiger partial charge in [0.2, 0.25) is 0 Å². The van der Waals surface area contributed by atoms with Gasteiger partial charge >= 0.3 is 5.97 Å². The van der Waals surface area contributed by atoms with Crippen LogP contribution in [0.15, 0.2) is 0 Å². The zero-order chi connectivity index (χ0) is 13.6. The van der Waals surface area contributed by atoms with E-state index in [0.717, 1.165) is 38.5 Å². The highest BCUT2D eigenvalue weighted by Gasteiger charge is 2.55. The Morgan fingerprint density at radius 1 is 1.33 bits per heavy atom. The van der Waals surface area contributed by atoms with E-state index in [9.17, 15) is 4.79 Å². The van der Waals surface area contributed by atoms with Crippen LogP contribution in [0.3, 0.4) is 0 Å². The van der Waals surface area contributed by atoms with Gasteiger partial charge in [0.1, 0.15) is 0 Å². The molecular formula is C15H28O3. The smallest absolute Gasteiger partial charge is 0.312 e. The summed E-state index contributed by atoms with van der Waals surface area (Å²) in [5.41, 5.74) is -0.212. The lowest BCUT2D eigenvalue weighted by Gasteiger charge is -2.50. The Morgan fingerprint density at radius 2 is 2.00 bits per heavy atom. The molecule has 0 unspecified atom stereocenters. The minimum atomic E-state index is -0.248. The van der Waals surface area contributed by atoms with Gasteiger partial charge < -0.3 is 9.84 Å². The Hall–Kier alpha value is -0.570. The lowest BCUT2D eigenvalue weighted by molar-refractivity contribution is -0.174. The van der Waals surface area contributed by atoms with Crippen molar-refractivity contribution in [3.05, 3.63) is 0 Å². The minimum absolute atomic E-state index is 0.00913. The van der Waals surface area contributed by atoms with Gasteiger partial charge in [-0.1, -0.05) is 33.6 Å². The second-order valence-electron chi connectivity index (χ2n) is 6.14. The van der Waals surface area contributed by atoms with Gasteiger partial charge in [-0.05, 0) is 37.5 Å². The molecule has 0 bridgehead atoms. The predicted molar refractivity (Wildman–Crippen MR) is 72.3 cm³/mol. The molecule has 3 heteroatoms. The van der Waals surface area contributed by atoms with Gasteiger partial charge in [0.25, 0.3) is 0 Å². The fourth-order valence-corrected chi connectivity index (χ4v) is 3.07. The number of esters is 1. The zero-order valence-corrected chi connectivity index (χ0v) is 12.1. The Balaban J connectivity index is 2.56. The summed E-state index contributed by atoms with van der Waals surface area (Å²) in [5, 5.41) is 8.71. The normalized spacial score (nSPS) is 18.2. The third-order valence-corrected chi connectivity index (χ3v) is 4.55. The first-order valence-corrected chi connectivity index (χ1v) is 7.28. The molecule has 18 heavy (non-hydrogen) atoms. The van der Waals surface area contributed by atoms with Gasteiger partial charge in [0, 0.05) is 6.61 Å². The third-order valence-electron chi connectivity index (χ3n) is 4.55. The van der Waals surface area contributed by atoms with Crippen LogP contribution >= 0.6 is 0 Å². The number of hydrogen-bond donors (Lipinski definition) is 1. The van der Waals surface area contributed by atoms with Crippen molar-refractivity contribution in [1.29, 1.82) is 0 Å². The topological polar surface area (TPSA) is 46.5 Å². The highest BCUT2D eigenvalue weighted by Crippen LogP contribution is 2.56. The van der Waals surface area contributed by atoms with Crippen LogP contribution in [0.4, 0.5) is 0 Å². The van der Waals surface area contributed by atoms with Crippen LogP contribution in [0.25, 0.3) is 0 Å². The standard InChI is InChI=1S/C15H28O3/c1-4-8-14(2,3)15(9-7-10-15)13(17)18-12-6-5-11-16/h16H,4-12H2,1-3H3. The fraction of sp³-hybridized carbons (Fsp3) is 0.933. The van der Waals surface area contributed by atoms with Crippen molar-refractivity contribution in [3.63, 3.8) is 0 Å². The van der Waals surface area contributed by atoms with Gasteiger partial charge in [0.15, 0.2) is 0 Å². The maximum absolute atomic E-state index is 12.3. The van der Waals surface area contributed by atoms with Crippen molar-refractivity contribution in [3.8, 4) is 0 Å². The van der Waals surface area contributed by atoms with Crippen LogP contribution in [-0.4, -0.2) is 24.3 Å². The second kappa shape index (κ2) is 6.55. The summed E-state index contributed by atoms with van der Waals surface area (Å²) in [7, 11) is 0. The van der Waals surface area contributed by atoms with E-state index in [2.05, 4.69) is 20.8 Å². The van der Waals surface area contributed by atoms with Crippen LogP contribution < -0.4 is 0 Å². The molecule has 1 fully saturated rings. The predicted octanol–water partition coefficient (Wildman–Crippen LogP) is 3.30. The van der Waals surface area contributed by atoms with Crippen molar-refractivity contribution >= 4 is 5.97 Å². The number of carbonyl (C=O) groups is 1. The molecule has 0 spiro atoms. The summed E-state index contributed by atoms with van der Waals surface area (Å²) in [6, 6.07) is 0. The number of unbranched alkanes of at least 4 members (excludes halogenated alkanes) is 1. The first-order chi connectivity index (χ1) is 8.50. The fourth-order valence-electron chi connectivity index (χ4n) is 3.07. The molecule has 1 N–H and O–H groups in total. The van der Waals surface area contributed by atoms with Crippen molar-refractivity contribution in [1.82, 2.24) is 0 Å². The summed E-state index contributed by atoms with van der Waals surface area (Å²) in [6.45, 7) is 7.18. The first-order valence-electron chi connectivity index (χ1n) is 7.28.